The molecule has 0 aromatic heterocycles. The van der Waals surface area contributed by atoms with Gasteiger partial charge in [-0.3, -0.25) is 0 Å². The maximum atomic E-state index is 11.7. The summed E-state index contributed by atoms with van der Waals surface area (Å²) in [5.41, 5.74) is 0.0563. The monoisotopic (exact) mass is 238 g/mol. The summed E-state index contributed by atoms with van der Waals surface area (Å²) in [6.07, 6.45) is 2.42. The van der Waals surface area contributed by atoms with E-state index >= 15 is 0 Å². The molecular weight excluding hydrogens is 214 g/mol. The van der Waals surface area contributed by atoms with E-state index in [4.69, 9.17) is 0 Å². The molecule has 2 nitrogen and oxygen atoms in total. The van der Waals surface area contributed by atoms with Gasteiger partial charge >= 0.3 is 0 Å². The lowest BCUT2D eigenvalue weighted by Crippen LogP contribution is -2.18. The van der Waals surface area contributed by atoms with Crippen molar-refractivity contribution in [1.82, 2.24) is 0 Å². The fraction of sp³-hybridized carbons (Fsp3) is 1.00. The SMILES string of the molecule is CC(C)(CCP(C)(C)=O)CP(C)(C)=O. The van der Waals surface area contributed by atoms with E-state index in [0.717, 1.165) is 18.7 Å². The van der Waals surface area contributed by atoms with Gasteiger partial charge in [0.05, 0.1) is 14.3 Å². The summed E-state index contributed by atoms with van der Waals surface area (Å²) >= 11 is 0. The predicted octanol–water partition coefficient (Wildman–Crippen LogP) is 3.65. The molecular formula is C10H24O2P2. The highest BCUT2D eigenvalue weighted by molar-refractivity contribution is 7.62. The fourth-order valence-electron chi connectivity index (χ4n) is 1.68. The zero-order valence-corrected chi connectivity index (χ0v) is 12.1. The van der Waals surface area contributed by atoms with Gasteiger partial charge in [-0.2, -0.15) is 0 Å². The van der Waals surface area contributed by atoms with Crippen LogP contribution >= 0.6 is 14.3 Å². The molecule has 0 saturated heterocycles. The summed E-state index contributed by atoms with van der Waals surface area (Å²) in [6.45, 7) is 11.5. The van der Waals surface area contributed by atoms with Crippen LogP contribution in [0.1, 0.15) is 20.3 Å². The minimum atomic E-state index is -1.96. The third-order valence-electron chi connectivity index (χ3n) is 2.14. The molecule has 0 atom stereocenters. The molecule has 0 aliphatic rings. The summed E-state index contributed by atoms with van der Waals surface area (Å²) in [6, 6.07) is 0. The first-order valence-electron chi connectivity index (χ1n) is 4.99. The Morgan fingerprint density at radius 2 is 1.36 bits per heavy atom. The van der Waals surface area contributed by atoms with Crippen LogP contribution in [0.3, 0.4) is 0 Å². The van der Waals surface area contributed by atoms with E-state index in [-0.39, 0.29) is 5.41 Å². The lowest BCUT2D eigenvalue weighted by molar-refractivity contribution is 0.397. The average Bonchev–Trinajstić information content (AvgIpc) is 1.76. The first kappa shape index (κ1) is 14.5. The molecule has 14 heavy (non-hydrogen) atoms. The molecule has 0 bridgehead atoms. The van der Waals surface area contributed by atoms with Gasteiger partial charge in [0.1, 0.15) is 0 Å². The van der Waals surface area contributed by atoms with Crippen molar-refractivity contribution in [3.05, 3.63) is 0 Å². The zero-order valence-electron chi connectivity index (χ0n) is 10.3. The lowest BCUT2D eigenvalue weighted by Gasteiger charge is -2.27. The fourth-order valence-corrected chi connectivity index (χ4v) is 5.05. The Kier molecular flexibility index (Phi) is 4.69. The van der Waals surface area contributed by atoms with Crippen molar-refractivity contribution in [3.8, 4) is 0 Å². The van der Waals surface area contributed by atoms with Crippen molar-refractivity contribution >= 4 is 14.3 Å². The van der Waals surface area contributed by atoms with Crippen LogP contribution in [0.4, 0.5) is 0 Å². The molecule has 0 fully saturated rings. The first-order chi connectivity index (χ1) is 5.91. The Labute approximate surface area is 88.6 Å². The van der Waals surface area contributed by atoms with Crippen LogP contribution in [-0.2, 0) is 9.13 Å². The van der Waals surface area contributed by atoms with Crippen molar-refractivity contribution in [2.24, 2.45) is 5.41 Å². The van der Waals surface area contributed by atoms with Gasteiger partial charge in [0.15, 0.2) is 0 Å². The standard InChI is InChI=1S/C10H24O2P2/c1-10(2,9-14(5,6)12)7-8-13(3,4)11/h7-9H2,1-6H3. The Morgan fingerprint density at radius 3 is 1.64 bits per heavy atom. The van der Waals surface area contributed by atoms with Crippen LogP contribution in [-0.4, -0.2) is 39.0 Å². The normalized spacial score (nSPS) is 14.4. The van der Waals surface area contributed by atoms with E-state index in [1.54, 1.807) is 0 Å². The summed E-state index contributed by atoms with van der Waals surface area (Å²) in [5, 5.41) is 0. The van der Waals surface area contributed by atoms with Gasteiger partial charge in [0.25, 0.3) is 0 Å². The van der Waals surface area contributed by atoms with Crippen molar-refractivity contribution in [2.45, 2.75) is 20.3 Å². The molecule has 0 heterocycles. The molecule has 0 saturated carbocycles. The van der Waals surface area contributed by atoms with E-state index in [0.29, 0.717) is 0 Å². The van der Waals surface area contributed by atoms with Crippen molar-refractivity contribution < 1.29 is 9.13 Å². The van der Waals surface area contributed by atoms with Crippen molar-refractivity contribution in [3.63, 3.8) is 0 Å². The number of rotatable bonds is 5. The molecule has 0 radical (unpaired) electrons. The third-order valence-corrected chi connectivity index (χ3v) is 5.05. The van der Waals surface area contributed by atoms with Gasteiger partial charge in [0, 0.05) is 12.3 Å². The Balaban J connectivity index is 4.23. The van der Waals surface area contributed by atoms with Gasteiger partial charge in [-0.05, 0) is 38.5 Å². The van der Waals surface area contributed by atoms with Crippen LogP contribution in [0.2, 0.25) is 0 Å². The summed E-state index contributed by atoms with van der Waals surface area (Å²) in [5.74, 6) is 0. The maximum absolute atomic E-state index is 11.7. The Morgan fingerprint density at radius 1 is 0.929 bits per heavy atom. The van der Waals surface area contributed by atoms with Crippen LogP contribution in [0.25, 0.3) is 0 Å². The molecule has 4 heteroatoms. The van der Waals surface area contributed by atoms with Gasteiger partial charge < -0.3 is 9.13 Å². The van der Waals surface area contributed by atoms with Gasteiger partial charge in [-0.1, -0.05) is 13.8 Å². The molecule has 0 aromatic rings. The molecule has 0 spiro atoms. The Bertz CT molecular complexity index is 270. The Hall–Kier alpha value is 0.460. The molecule has 0 unspecified atom stereocenters. The van der Waals surface area contributed by atoms with E-state index in [2.05, 4.69) is 13.8 Å². The van der Waals surface area contributed by atoms with Crippen LogP contribution < -0.4 is 0 Å². The van der Waals surface area contributed by atoms with E-state index in [1.807, 2.05) is 26.7 Å². The molecule has 0 aliphatic heterocycles. The van der Waals surface area contributed by atoms with Crippen LogP contribution in [0.5, 0.6) is 0 Å². The minimum Gasteiger partial charge on any atom is -0.324 e. The summed E-state index contributed by atoms with van der Waals surface area (Å²) in [4.78, 5) is 0. The molecule has 0 aromatic carbocycles. The van der Waals surface area contributed by atoms with E-state index in [1.165, 1.54) is 0 Å². The highest BCUT2D eigenvalue weighted by atomic mass is 31.2. The quantitative estimate of drug-likeness (QED) is 0.685. The zero-order chi connectivity index (χ0) is 11.6. The smallest absolute Gasteiger partial charge is 0.0824 e. The molecule has 0 rings (SSSR count). The first-order valence-corrected chi connectivity index (χ1v) is 10.6. The third kappa shape index (κ3) is 9.03. The highest BCUT2D eigenvalue weighted by Crippen LogP contribution is 2.47. The van der Waals surface area contributed by atoms with Gasteiger partial charge in [0.2, 0.25) is 0 Å². The largest absolute Gasteiger partial charge is 0.324 e. The second-order valence-corrected chi connectivity index (χ2v) is 13.0. The predicted molar refractivity (Wildman–Crippen MR) is 67.0 cm³/mol. The molecule has 0 aliphatic carbocycles. The maximum Gasteiger partial charge on any atom is 0.0824 e. The lowest BCUT2D eigenvalue weighted by atomic mass is 9.93. The highest BCUT2D eigenvalue weighted by Gasteiger charge is 2.26. The minimum absolute atomic E-state index is 0.0563. The number of hydrogen-bond acceptors (Lipinski definition) is 2. The van der Waals surface area contributed by atoms with E-state index in [9.17, 15) is 9.13 Å². The molecule has 0 amide bonds. The second-order valence-electron chi connectivity index (χ2n) is 5.94. The van der Waals surface area contributed by atoms with Gasteiger partial charge in [-0.15, -0.1) is 0 Å². The topological polar surface area (TPSA) is 34.1 Å². The van der Waals surface area contributed by atoms with E-state index < -0.39 is 14.3 Å². The number of hydrogen-bond donors (Lipinski definition) is 0. The summed E-state index contributed by atoms with van der Waals surface area (Å²) in [7, 11) is -3.88. The van der Waals surface area contributed by atoms with Crippen LogP contribution in [0.15, 0.2) is 0 Å². The van der Waals surface area contributed by atoms with Crippen molar-refractivity contribution in [2.75, 3.05) is 39.0 Å². The molecule has 0 N–H and O–H groups in total. The summed E-state index contributed by atoms with van der Waals surface area (Å²) < 4.78 is 23.2. The second kappa shape index (κ2) is 4.54. The van der Waals surface area contributed by atoms with Crippen molar-refractivity contribution in [1.29, 1.82) is 0 Å². The van der Waals surface area contributed by atoms with Gasteiger partial charge in [-0.25, -0.2) is 0 Å². The average molecular weight is 238 g/mol. The molecule has 86 valence electrons. The van der Waals surface area contributed by atoms with Crippen LogP contribution in [0, 0.1) is 5.41 Å².